The Morgan fingerprint density at radius 2 is 1.66 bits per heavy atom. The van der Waals surface area contributed by atoms with Gasteiger partial charge in [-0.25, -0.2) is 4.79 Å². The van der Waals surface area contributed by atoms with Gasteiger partial charge in [-0.05, 0) is 61.6 Å². The van der Waals surface area contributed by atoms with E-state index in [-0.39, 0.29) is 11.7 Å². The van der Waals surface area contributed by atoms with Crippen molar-refractivity contribution in [3.8, 4) is 17.2 Å². The number of Topliss-reactive ketones (excluding diaryl/α,β-unsaturated/α-hetero) is 1. The first-order valence-electron chi connectivity index (χ1n) is 13.2. The first-order chi connectivity index (χ1) is 18.4. The van der Waals surface area contributed by atoms with Crippen molar-refractivity contribution < 1.29 is 28.5 Å². The van der Waals surface area contributed by atoms with Gasteiger partial charge in [0.15, 0.2) is 5.78 Å². The lowest BCUT2D eigenvalue weighted by Gasteiger charge is -2.37. The fourth-order valence-electron chi connectivity index (χ4n) is 5.39. The van der Waals surface area contributed by atoms with E-state index in [2.05, 4.69) is 12.2 Å². The maximum absolute atomic E-state index is 13.9. The van der Waals surface area contributed by atoms with Gasteiger partial charge in [0.1, 0.15) is 17.2 Å². The smallest absolute Gasteiger partial charge is 0.336 e. The Balaban J connectivity index is 1.77. The molecule has 0 aromatic heterocycles. The second-order valence-electron chi connectivity index (χ2n) is 9.74. The number of methoxy groups -OCH3 is 3. The summed E-state index contributed by atoms with van der Waals surface area (Å²) < 4.78 is 22.2. The van der Waals surface area contributed by atoms with Crippen LogP contribution in [-0.4, -0.2) is 39.7 Å². The predicted molar refractivity (Wildman–Crippen MR) is 146 cm³/mol. The van der Waals surface area contributed by atoms with Gasteiger partial charge >= 0.3 is 5.97 Å². The number of nitrogens with one attached hydrogen (secondary N) is 1. The summed E-state index contributed by atoms with van der Waals surface area (Å²) in [5.41, 5.74) is 4.32. The number of rotatable bonds is 10. The minimum absolute atomic E-state index is 0.00164. The van der Waals surface area contributed by atoms with Crippen molar-refractivity contribution in [2.24, 2.45) is 0 Å². The molecule has 0 amide bonds. The largest absolute Gasteiger partial charge is 0.497 e. The Morgan fingerprint density at radius 3 is 2.32 bits per heavy atom. The minimum Gasteiger partial charge on any atom is -0.497 e. The molecule has 7 nitrogen and oxygen atoms in total. The van der Waals surface area contributed by atoms with Gasteiger partial charge in [-0.1, -0.05) is 31.9 Å². The molecule has 38 heavy (non-hydrogen) atoms. The zero-order valence-corrected chi connectivity index (χ0v) is 22.9. The van der Waals surface area contributed by atoms with Crippen LogP contribution in [0.1, 0.15) is 68.9 Å². The molecule has 2 aliphatic rings. The molecule has 0 fully saturated rings. The van der Waals surface area contributed by atoms with E-state index >= 15 is 0 Å². The van der Waals surface area contributed by atoms with Crippen molar-refractivity contribution in [1.29, 1.82) is 0 Å². The van der Waals surface area contributed by atoms with Gasteiger partial charge in [0.2, 0.25) is 0 Å². The van der Waals surface area contributed by atoms with Crippen molar-refractivity contribution in [1.82, 2.24) is 5.32 Å². The zero-order valence-electron chi connectivity index (χ0n) is 22.9. The van der Waals surface area contributed by atoms with Crippen LogP contribution in [0.3, 0.4) is 0 Å². The number of hydrogen-bond donors (Lipinski definition) is 1. The highest BCUT2D eigenvalue weighted by Gasteiger charge is 2.42. The van der Waals surface area contributed by atoms with Gasteiger partial charge in [-0.2, -0.15) is 0 Å². The molecule has 0 bridgehead atoms. The summed E-state index contributed by atoms with van der Waals surface area (Å²) in [6, 6.07) is 13.3. The maximum Gasteiger partial charge on any atom is 0.336 e. The number of allylic oxidation sites excluding steroid dienone is 3. The molecule has 0 unspecified atom stereocenters. The molecule has 0 spiro atoms. The Hall–Kier alpha value is -3.74. The molecule has 202 valence electrons. The van der Waals surface area contributed by atoms with Gasteiger partial charge in [0.05, 0.1) is 39.4 Å². The lowest BCUT2D eigenvalue weighted by atomic mass is 9.71. The molecule has 0 saturated carbocycles. The molecule has 7 heteroatoms. The van der Waals surface area contributed by atoms with E-state index in [1.807, 2.05) is 43.3 Å². The molecule has 2 aromatic carbocycles. The number of carbonyl (C=O) groups is 2. The van der Waals surface area contributed by atoms with Crippen LogP contribution in [0.2, 0.25) is 0 Å². The number of ketones is 1. The van der Waals surface area contributed by atoms with Gasteiger partial charge in [-0.15, -0.1) is 0 Å². The summed E-state index contributed by atoms with van der Waals surface area (Å²) in [6.07, 6.45) is 3.80. The van der Waals surface area contributed by atoms with E-state index in [4.69, 9.17) is 18.9 Å². The predicted octanol–water partition coefficient (Wildman–Crippen LogP) is 5.81. The summed E-state index contributed by atoms with van der Waals surface area (Å²) in [7, 11) is 4.81. The molecule has 2 aromatic rings. The highest BCUT2D eigenvalue weighted by molar-refractivity contribution is 6.04. The standard InChI is InChI=1S/C31H37NO6/c1-6-7-8-15-38-31(34)28-19(2)32-25-16-21(20-9-11-22(35-3)12-10-20)17-26(33)30(25)29(28)24-18-23(36-4)13-14-27(24)37-5/h9-14,18,21,29,32H,6-8,15-17H2,1-5H3/t21-,29-/m1/s1. The van der Waals surface area contributed by atoms with Crippen molar-refractivity contribution in [2.45, 2.75) is 57.8 Å². The molecule has 1 aliphatic heterocycles. The van der Waals surface area contributed by atoms with Crippen molar-refractivity contribution in [3.63, 3.8) is 0 Å². The number of dihydropyridines is 1. The van der Waals surface area contributed by atoms with Crippen molar-refractivity contribution in [2.75, 3.05) is 27.9 Å². The van der Waals surface area contributed by atoms with Crippen LogP contribution in [0, 0.1) is 0 Å². The lowest BCUT2D eigenvalue weighted by molar-refractivity contribution is -0.139. The number of esters is 1. The zero-order chi connectivity index (χ0) is 27.2. The van der Waals surface area contributed by atoms with Crippen LogP contribution in [0.5, 0.6) is 17.2 Å². The van der Waals surface area contributed by atoms with E-state index in [1.54, 1.807) is 27.4 Å². The third-order valence-corrected chi connectivity index (χ3v) is 7.36. The molecule has 4 rings (SSSR count). The fraction of sp³-hybridized carbons (Fsp3) is 0.419. The Bertz CT molecular complexity index is 1240. The lowest BCUT2D eigenvalue weighted by Crippen LogP contribution is -2.36. The quantitative estimate of drug-likeness (QED) is 0.313. The molecular weight excluding hydrogens is 482 g/mol. The highest BCUT2D eigenvalue weighted by atomic mass is 16.5. The molecule has 2 atom stereocenters. The van der Waals surface area contributed by atoms with Crippen LogP contribution in [0.15, 0.2) is 65.0 Å². The van der Waals surface area contributed by atoms with E-state index in [0.29, 0.717) is 53.4 Å². The Morgan fingerprint density at radius 1 is 0.947 bits per heavy atom. The summed E-state index contributed by atoms with van der Waals surface area (Å²) in [4.78, 5) is 27.4. The highest BCUT2D eigenvalue weighted by Crippen LogP contribution is 2.48. The third-order valence-electron chi connectivity index (χ3n) is 7.36. The number of carbonyl (C=O) groups excluding carboxylic acids is 2. The number of unbranched alkanes of at least 4 members (excludes halogenated alkanes) is 2. The number of ether oxygens (including phenoxy) is 4. The third kappa shape index (κ3) is 5.57. The molecule has 1 N–H and O–H groups in total. The first-order valence-corrected chi connectivity index (χ1v) is 13.2. The fourth-order valence-corrected chi connectivity index (χ4v) is 5.39. The second-order valence-corrected chi connectivity index (χ2v) is 9.74. The maximum atomic E-state index is 13.9. The van der Waals surface area contributed by atoms with Gasteiger partial charge in [0.25, 0.3) is 0 Å². The van der Waals surface area contributed by atoms with Crippen LogP contribution < -0.4 is 19.5 Å². The van der Waals surface area contributed by atoms with E-state index < -0.39 is 11.9 Å². The van der Waals surface area contributed by atoms with Crippen molar-refractivity contribution >= 4 is 11.8 Å². The molecule has 0 radical (unpaired) electrons. The van der Waals surface area contributed by atoms with Crippen LogP contribution in [0.25, 0.3) is 0 Å². The van der Waals surface area contributed by atoms with E-state index in [1.165, 1.54) is 0 Å². The van der Waals surface area contributed by atoms with E-state index in [0.717, 1.165) is 36.3 Å². The van der Waals surface area contributed by atoms with Gasteiger partial charge < -0.3 is 24.3 Å². The van der Waals surface area contributed by atoms with Gasteiger partial charge in [-0.3, -0.25) is 4.79 Å². The molecule has 0 saturated heterocycles. The SMILES string of the molecule is CCCCCOC(=O)C1=C(C)NC2=C(C(=O)C[C@H](c3ccc(OC)cc3)C2)[C@@H]1c1cc(OC)ccc1OC. The molecular formula is C31H37NO6. The average Bonchev–Trinajstić information content (AvgIpc) is 2.94. The van der Waals surface area contributed by atoms with E-state index in [9.17, 15) is 9.59 Å². The summed E-state index contributed by atoms with van der Waals surface area (Å²) >= 11 is 0. The molecule has 1 heterocycles. The van der Waals surface area contributed by atoms with Gasteiger partial charge in [0, 0.05) is 29.0 Å². The van der Waals surface area contributed by atoms with Crippen molar-refractivity contribution in [3.05, 3.63) is 76.1 Å². The minimum atomic E-state index is -0.626. The Labute approximate surface area is 224 Å². The van der Waals surface area contributed by atoms with Crippen LogP contribution in [0.4, 0.5) is 0 Å². The normalized spacial score (nSPS) is 19.0. The van der Waals surface area contributed by atoms with Crippen LogP contribution in [-0.2, 0) is 14.3 Å². The summed E-state index contributed by atoms with van der Waals surface area (Å²) in [5, 5.41) is 3.41. The average molecular weight is 520 g/mol. The monoisotopic (exact) mass is 519 g/mol. The summed E-state index contributed by atoms with van der Waals surface area (Å²) in [5.74, 6) is 0.948. The molecule has 1 aliphatic carbocycles. The summed E-state index contributed by atoms with van der Waals surface area (Å²) in [6.45, 7) is 4.31. The second kappa shape index (κ2) is 12.2. The first kappa shape index (κ1) is 27.3. The van der Waals surface area contributed by atoms with Crippen LogP contribution >= 0.6 is 0 Å². The topological polar surface area (TPSA) is 83.1 Å². The Kier molecular flexibility index (Phi) is 8.77. The number of hydrogen-bond acceptors (Lipinski definition) is 7. The number of benzene rings is 2.